The van der Waals surface area contributed by atoms with Crippen LogP contribution in [0.2, 0.25) is 5.02 Å². The molecule has 0 heterocycles. The Kier molecular flexibility index (Phi) is 4.26. The van der Waals surface area contributed by atoms with Crippen molar-refractivity contribution in [1.82, 2.24) is 0 Å². The molecular weight excluding hydrogens is 244 g/mol. The summed E-state index contributed by atoms with van der Waals surface area (Å²) in [5.41, 5.74) is 0.478. The van der Waals surface area contributed by atoms with E-state index in [9.17, 15) is 9.59 Å². The summed E-state index contributed by atoms with van der Waals surface area (Å²) in [4.78, 5) is 21.5. The van der Waals surface area contributed by atoms with Crippen molar-refractivity contribution in [3.63, 3.8) is 0 Å². The molecular formula is C11H7ClN2O3. The van der Waals surface area contributed by atoms with Crippen molar-refractivity contribution in [2.24, 2.45) is 0 Å². The van der Waals surface area contributed by atoms with E-state index in [1.165, 1.54) is 18.2 Å². The van der Waals surface area contributed by atoms with Crippen LogP contribution >= 0.6 is 11.6 Å². The van der Waals surface area contributed by atoms with Gasteiger partial charge in [-0.1, -0.05) is 11.6 Å². The molecule has 0 aliphatic heterocycles. The van der Waals surface area contributed by atoms with Crippen LogP contribution in [0.4, 0.5) is 5.69 Å². The highest BCUT2D eigenvalue weighted by atomic mass is 35.5. The molecule has 0 fully saturated rings. The lowest BCUT2D eigenvalue weighted by Gasteiger charge is -2.04. The number of nitrogens with zero attached hydrogens (tertiary/aromatic N) is 1. The Morgan fingerprint density at radius 2 is 2.12 bits per heavy atom. The molecule has 6 heteroatoms. The van der Waals surface area contributed by atoms with E-state index < -0.39 is 11.9 Å². The average Bonchev–Trinajstić information content (AvgIpc) is 2.27. The van der Waals surface area contributed by atoms with Gasteiger partial charge in [-0.25, -0.2) is 4.79 Å². The summed E-state index contributed by atoms with van der Waals surface area (Å²) in [6.45, 7) is 0. The molecule has 1 aromatic carbocycles. The summed E-state index contributed by atoms with van der Waals surface area (Å²) < 4.78 is 0. The highest BCUT2D eigenvalue weighted by Crippen LogP contribution is 2.20. The molecule has 0 saturated heterocycles. The van der Waals surface area contributed by atoms with Gasteiger partial charge in [-0.3, -0.25) is 4.79 Å². The number of carbonyl (C=O) groups is 2. The molecule has 0 aromatic heterocycles. The van der Waals surface area contributed by atoms with E-state index >= 15 is 0 Å². The quantitative estimate of drug-likeness (QED) is 0.800. The minimum atomic E-state index is -1.23. The minimum Gasteiger partial charge on any atom is -0.478 e. The predicted octanol–water partition coefficient (Wildman–Crippen LogP) is 1.79. The first-order chi connectivity index (χ1) is 8.02. The predicted molar refractivity (Wildman–Crippen MR) is 61.6 cm³/mol. The number of carbonyl (C=O) groups excluding carboxylic acids is 1. The fraction of sp³-hybridized carbons (Fsp3) is 0. The lowest BCUT2D eigenvalue weighted by Crippen LogP contribution is -2.09. The number of carboxylic acids is 1. The zero-order chi connectivity index (χ0) is 12.8. The van der Waals surface area contributed by atoms with E-state index in [2.05, 4.69) is 5.32 Å². The maximum Gasteiger partial charge on any atom is 0.328 e. The van der Waals surface area contributed by atoms with Gasteiger partial charge in [0.15, 0.2) is 0 Å². The van der Waals surface area contributed by atoms with Gasteiger partial charge < -0.3 is 10.4 Å². The molecule has 1 amide bonds. The second-order valence-corrected chi connectivity index (χ2v) is 3.40. The van der Waals surface area contributed by atoms with E-state index in [0.717, 1.165) is 6.08 Å². The monoisotopic (exact) mass is 250 g/mol. The first kappa shape index (κ1) is 12.7. The molecule has 0 bridgehead atoms. The fourth-order valence-electron chi connectivity index (χ4n) is 1.04. The van der Waals surface area contributed by atoms with Crippen LogP contribution in [-0.2, 0) is 9.59 Å². The standard InChI is InChI=1S/C11H7ClN2O3/c12-8-2-1-7(6-13)9(5-8)14-10(15)3-4-11(16)17/h1-5H,(H,14,15)(H,16,17)/b4-3+. The third-order valence-electron chi connectivity index (χ3n) is 1.74. The smallest absolute Gasteiger partial charge is 0.328 e. The number of benzene rings is 1. The van der Waals surface area contributed by atoms with Crippen molar-refractivity contribution in [2.45, 2.75) is 0 Å². The number of nitrogens with one attached hydrogen (secondary N) is 1. The van der Waals surface area contributed by atoms with Crippen molar-refractivity contribution in [3.05, 3.63) is 40.9 Å². The summed E-state index contributed by atoms with van der Waals surface area (Å²) in [5.74, 6) is -1.88. The van der Waals surface area contributed by atoms with Crippen molar-refractivity contribution in [1.29, 1.82) is 5.26 Å². The Bertz CT molecular complexity index is 532. The molecule has 5 nitrogen and oxygen atoms in total. The molecule has 0 radical (unpaired) electrons. The van der Waals surface area contributed by atoms with Crippen molar-refractivity contribution >= 4 is 29.2 Å². The Labute approximate surface area is 102 Å². The summed E-state index contributed by atoms with van der Waals surface area (Å²) >= 11 is 5.71. The molecule has 0 unspecified atom stereocenters. The Balaban J connectivity index is 2.88. The Morgan fingerprint density at radius 1 is 1.41 bits per heavy atom. The van der Waals surface area contributed by atoms with Crippen LogP contribution in [0.15, 0.2) is 30.4 Å². The first-order valence-electron chi connectivity index (χ1n) is 4.44. The van der Waals surface area contributed by atoms with Crippen LogP contribution in [0, 0.1) is 11.3 Å². The van der Waals surface area contributed by atoms with Crippen LogP contribution in [0.1, 0.15) is 5.56 Å². The first-order valence-corrected chi connectivity index (χ1v) is 4.82. The maximum atomic E-state index is 11.3. The van der Waals surface area contributed by atoms with Crippen LogP contribution in [-0.4, -0.2) is 17.0 Å². The third kappa shape index (κ3) is 3.97. The highest BCUT2D eigenvalue weighted by molar-refractivity contribution is 6.31. The van der Waals surface area contributed by atoms with E-state index in [1.807, 2.05) is 6.07 Å². The number of hydrogen-bond donors (Lipinski definition) is 2. The van der Waals surface area contributed by atoms with Gasteiger partial charge in [-0.15, -0.1) is 0 Å². The van der Waals surface area contributed by atoms with Gasteiger partial charge in [-0.2, -0.15) is 5.26 Å². The largest absolute Gasteiger partial charge is 0.478 e. The van der Waals surface area contributed by atoms with E-state index in [1.54, 1.807) is 0 Å². The molecule has 0 aliphatic rings. The zero-order valence-electron chi connectivity index (χ0n) is 8.48. The molecule has 1 rings (SSSR count). The van der Waals surface area contributed by atoms with Gasteiger partial charge in [-0.05, 0) is 18.2 Å². The van der Waals surface area contributed by atoms with Crippen LogP contribution in [0.5, 0.6) is 0 Å². The minimum absolute atomic E-state index is 0.236. The summed E-state index contributed by atoms with van der Waals surface area (Å²) in [5, 5.41) is 19.8. The summed E-state index contributed by atoms with van der Waals surface area (Å²) in [6.07, 6.45) is 1.55. The number of amides is 1. The van der Waals surface area contributed by atoms with Crippen LogP contribution in [0.25, 0.3) is 0 Å². The van der Waals surface area contributed by atoms with E-state index in [0.29, 0.717) is 11.1 Å². The van der Waals surface area contributed by atoms with Gasteiger partial charge in [0.1, 0.15) is 6.07 Å². The fourth-order valence-corrected chi connectivity index (χ4v) is 1.21. The highest BCUT2D eigenvalue weighted by Gasteiger charge is 2.05. The normalized spacial score (nSPS) is 9.88. The number of carboxylic acid groups (broad SMARTS) is 1. The summed E-state index contributed by atoms with van der Waals surface area (Å²) in [7, 11) is 0. The van der Waals surface area contributed by atoms with Gasteiger partial charge in [0, 0.05) is 17.2 Å². The van der Waals surface area contributed by atoms with Crippen molar-refractivity contribution in [3.8, 4) is 6.07 Å². The van der Waals surface area contributed by atoms with E-state index in [4.69, 9.17) is 22.0 Å². The molecule has 1 aromatic rings. The molecule has 0 spiro atoms. The maximum absolute atomic E-state index is 11.3. The summed E-state index contributed by atoms with van der Waals surface area (Å²) in [6, 6.07) is 6.26. The second-order valence-electron chi connectivity index (χ2n) is 2.96. The Morgan fingerprint density at radius 3 is 2.71 bits per heavy atom. The molecule has 0 saturated carbocycles. The molecule has 0 atom stereocenters. The van der Waals surface area contributed by atoms with Gasteiger partial charge in [0.25, 0.3) is 0 Å². The van der Waals surface area contributed by atoms with E-state index in [-0.39, 0.29) is 11.3 Å². The van der Waals surface area contributed by atoms with Crippen molar-refractivity contribution in [2.75, 3.05) is 5.32 Å². The Hall–Kier alpha value is -2.32. The lowest BCUT2D eigenvalue weighted by atomic mass is 10.2. The molecule has 17 heavy (non-hydrogen) atoms. The third-order valence-corrected chi connectivity index (χ3v) is 1.97. The van der Waals surface area contributed by atoms with Crippen molar-refractivity contribution < 1.29 is 14.7 Å². The van der Waals surface area contributed by atoms with Crippen LogP contribution < -0.4 is 5.32 Å². The molecule has 86 valence electrons. The number of nitriles is 1. The number of hydrogen-bond acceptors (Lipinski definition) is 3. The van der Waals surface area contributed by atoms with Gasteiger partial charge >= 0.3 is 5.97 Å². The zero-order valence-corrected chi connectivity index (χ0v) is 9.23. The van der Waals surface area contributed by atoms with Crippen LogP contribution in [0.3, 0.4) is 0 Å². The number of halogens is 1. The molecule has 0 aliphatic carbocycles. The number of anilines is 1. The second kappa shape index (κ2) is 5.68. The van der Waals surface area contributed by atoms with Gasteiger partial charge in [0.05, 0.1) is 11.3 Å². The lowest BCUT2D eigenvalue weighted by molar-refractivity contribution is -0.131. The topological polar surface area (TPSA) is 90.2 Å². The molecule has 2 N–H and O–H groups in total. The number of rotatable bonds is 3. The SMILES string of the molecule is N#Cc1ccc(Cl)cc1NC(=O)/C=C/C(=O)O. The number of aliphatic carboxylic acids is 1. The average molecular weight is 251 g/mol. The van der Waals surface area contributed by atoms with Gasteiger partial charge in [0.2, 0.25) is 5.91 Å².